The highest BCUT2D eigenvalue weighted by atomic mass is 35.5. The monoisotopic (exact) mass is 661 g/mol. The van der Waals surface area contributed by atoms with Crippen LogP contribution in [0.2, 0.25) is 5.02 Å². The molecule has 4 aromatic rings. The number of amides is 2. The average Bonchev–Trinajstić information content (AvgIpc) is 3.02. The van der Waals surface area contributed by atoms with E-state index in [-0.39, 0.29) is 40.2 Å². The first-order valence-electron chi connectivity index (χ1n) is 14.9. The highest BCUT2D eigenvalue weighted by molar-refractivity contribution is 7.92. The molecule has 10 heteroatoms. The normalized spacial score (nSPS) is 12.2. The first kappa shape index (κ1) is 34.5. The molecule has 0 saturated carbocycles. The van der Waals surface area contributed by atoms with Gasteiger partial charge in [0.15, 0.2) is 0 Å². The first-order valence-corrected chi connectivity index (χ1v) is 16.7. The lowest BCUT2D eigenvalue weighted by Gasteiger charge is -2.35. The van der Waals surface area contributed by atoms with Gasteiger partial charge in [0.05, 0.1) is 17.7 Å². The Hall–Kier alpha value is -4.34. The Kier molecular flexibility index (Phi) is 11.1. The first-order chi connectivity index (χ1) is 21.8. The molecule has 46 heavy (non-hydrogen) atoms. The van der Waals surface area contributed by atoms with Gasteiger partial charge in [-0.3, -0.25) is 13.9 Å². The third kappa shape index (κ3) is 8.89. The molecule has 1 atom stereocenters. The minimum atomic E-state index is -4.30. The Morgan fingerprint density at radius 1 is 0.870 bits per heavy atom. The number of carbonyl (C=O) groups excluding carboxylic acids is 2. The number of hydrogen-bond donors (Lipinski definition) is 1. The van der Waals surface area contributed by atoms with E-state index in [2.05, 4.69) is 5.32 Å². The molecule has 0 unspecified atom stereocenters. The molecule has 2 amide bonds. The number of rotatable bonds is 12. The Morgan fingerprint density at radius 2 is 1.48 bits per heavy atom. The van der Waals surface area contributed by atoms with Gasteiger partial charge in [-0.2, -0.15) is 0 Å². The fourth-order valence-corrected chi connectivity index (χ4v) is 6.59. The maximum absolute atomic E-state index is 14.6. The van der Waals surface area contributed by atoms with Crippen molar-refractivity contribution in [3.05, 3.63) is 125 Å². The molecular formula is C36H40ClN3O5S. The van der Waals surface area contributed by atoms with Crippen LogP contribution in [0.5, 0.6) is 5.75 Å². The molecule has 8 nitrogen and oxygen atoms in total. The number of methoxy groups -OCH3 is 1. The molecule has 0 spiro atoms. The molecule has 0 aliphatic carbocycles. The standard InChI is InChI=1S/C36H40ClN3O5S/c1-26-16-18-28(19-17-26)24-39(32(35(42)38-36(2,3)4)22-27-12-8-6-9-13-27)34(41)25-40(31-23-29(37)20-21-33(31)45-5)46(43,44)30-14-10-7-11-15-30/h6-21,23,32H,22,24-25H2,1-5H3,(H,38,42)/t32-/m0/s1. The summed E-state index contributed by atoms with van der Waals surface area (Å²) in [6.07, 6.45) is 0.215. The van der Waals surface area contributed by atoms with E-state index < -0.39 is 34.1 Å². The molecule has 0 saturated heterocycles. The summed E-state index contributed by atoms with van der Waals surface area (Å²) in [6, 6.07) is 28.6. The summed E-state index contributed by atoms with van der Waals surface area (Å²) in [5, 5.41) is 3.30. The van der Waals surface area contributed by atoms with Crippen molar-refractivity contribution in [2.24, 2.45) is 0 Å². The number of hydrogen-bond acceptors (Lipinski definition) is 5. The van der Waals surface area contributed by atoms with Crippen LogP contribution in [-0.4, -0.2) is 50.4 Å². The van der Waals surface area contributed by atoms with Crippen molar-refractivity contribution in [3.8, 4) is 5.75 Å². The molecule has 242 valence electrons. The number of halogens is 1. The summed E-state index contributed by atoms with van der Waals surface area (Å²) in [5.41, 5.74) is 2.20. The average molecular weight is 662 g/mol. The van der Waals surface area contributed by atoms with Gasteiger partial charge in [0.1, 0.15) is 18.3 Å². The predicted molar refractivity (Wildman–Crippen MR) is 183 cm³/mol. The number of aryl methyl sites for hydroxylation is 1. The van der Waals surface area contributed by atoms with Gasteiger partial charge in [-0.1, -0.05) is 90.0 Å². The number of sulfonamides is 1. The second-order valence-electron chi connectivity index (χ2n) is 12.1. The molecule has 0 bridgehead atoms. The summed E-state index contributed by atoms with van der Waals surface area (Å²) in [5.74, 6) is -0.713. The van der Waals surface area contributed by atoms with Crippen LogP contribution in [0.15, 0.2) is 108 Å². The lowest BCUT2D eigenvalue weighted by molar-refractivity contribution is -0.140. The van der Waals surface area contributed by atoms with Crippen LogP contribution in [0.3, 0.4) is 0 Å². The number of anilines is 1. The van der Waals surface area contributed by atoms with E-state index in [9.17, 15) is 18.0 Å². The lowest BCUT2D eigenvalue weighted by atomic mass is 10.0. The van der Waals surface area contributed by atoms with Crippen LogP contribution in [0.4, 0.5) is 5.69 Å². The molecule has 4 aromatic carbocycles. The van der Waals surface area contributed by atoms with Crippen molar-refractivity contribution < 1.29 is 22.7 Å². The van der Waals surface area contributed by atoms with Crippen molar-refractivity contribution in [2.45, 2.75) is 57.1 Å². The minimum absolute atomic E-state index is 0.0128. The predicted octanol–water partition coefficient (Wildman–Crippen LogP) is 6.41. The number of carbonyl (C=O) groups is 2. The van der Waals surface area contributed by atoms with E-state index in [4.69, 9.17) is 16.3 Å². The van der Waals surface area contributed by atoms with Crippen LogP contribution < -0.4 is 14.4 Å². The number of ether oxygens (including phenoxy) is 1. The summed E-state index contributed by atoms with van der Waals surface area (Å²) < 4.78 is 35.0. The number of nitrogens with zero attached hydrogens (tertiary/aromatic N) is 2. The minimum Gasteiger partial charge on any atom is -0.495 e. The second kappa shape index (κ2) is 14.8. The van der Waals surface area contributed by atoms with E-state index >= 15 is 0 Å². The quantitative estimate of drug-likeness (QED) is 0.189. The van der Waals surface area contributed by atoms with Crippen LogP contribution >= 0.6 is 11.6 Å². The molecule has 1 N–H and O–H groups in total. The highest BCUT2D eigenvalue weighted by Crippen LogP contribution is 2.35. The third-order valence-electron chi connectivity index (χ3n) is 7.26. The molecule has 4 rings (SSSR count). The van der Waals surface area contributed by atoms with Gasteiger partial charge in [0.25, 0.3) is 10.0 Å². The van der Waals surface area contributed by atoms with Crippen molar-refractivity contribution in [1.29, 1.82) is 0 Å². The summed E-state index contributed by atoms with van der Waals surface area (Å²) in [4.78, 5) is 30.1. The topological polar surface area (TPSA) is 96.0 Å². The van der Waals surface area contributed by atoms with Gasteiger partial charge in [0.2, 0.25) is 11.8 Å². The van der Waals surface area contributed by atoms with Crippen LogP contribution in [0, 0.1) is 6.92 Å². The molecule has 0 aliphatic rings. The van der Waals surface area contributed by atoms with Gasteiger partial charge in [-0.05, 0) is 69.2 Å². The SMILES string of the molecule is COc1ccc(Cl)cc1N(CC(=O)N(Cc1ccc(C)cc1)[C@@H](Cc1ccccc1)C(=O)NC(C)(C)C)S(=O)(=O)c1ccccc1. The molecule has 0 aliphatic heterocycles. The Morgan fingerprint density at radius 3 is 2.07 bits per heavy atom. The van der Waals surface area contributed by atoms with Gasteiger partial charge in [-0.25, -0.2) is 8.42 Å². The Labute approximate surface area is 277 Å². The zero-order valence-electron chi connectivity index (χ0n) is 26.7. The highest BCUT2D eigenvalue weighted by Gasteiger charge is 2.36. The fraction of sp³-hybridized carbons (Fsp3) is 0.278. The maximum Gasteiger partial charge on any atom is 0.264 e. The van der Waals surface area contributed by atoms with Gasteiger partial charge >= 0.3 is 0 Å². The van der Waals surface area contributed by atoms with Crippen molar-refractivity contribution >= 4 is 39.1 Å². The molecular weight excluding hydrogens is 622 g/mol. The second-order valence-corrected chi connectivity index (χ2v) is 14.4. The van der Waals surface area contributed by atoms with E-state index in [1.807, 2.05) is 82.3 Å². The fourth-order valence-electron chi connectivity index (χ4n) is 4.99. The Bertz CT molecular complexity index is 1740. The number of nitrogens with one attached hydrogen (secondary N) is 1. The zero-order chi connectivity index (χ0) is 33.5. The van der Waals surface area contributed by atoms with Crippen molar-refractivity contribution in [3.63, 3.8) is 0 Å². The van der Waals surface area contributed by atoms with E-state index in [0.717, 1.165) is 21.0 Å². The van der Waals surface area contributed by atoms with E-state index in [1.165, 1.54) is 30.2 Å². The van der Waals surface area contributed by atoms with Crippen LogP contribution in [0.1, 0.15) is 37.5 Å². The smallest absolute Gasteiger partial charge is 0.264 e. The molecule has 0 heterocycles. The maximum atomic E-state index is 14.6. The third-order valence-corrected chi connectivity index (χ3v) is 9.27. The summed E-state index contributed by atoms with van der Waals surface area (Å²) >= 11 is 6.35. The zero-order valence-corrected chi connectivity index (χ0v) is 28.3. The van der Waals surface area contributed by atoms with Crippen LogP contribution in [0.25, 0.3) is 0 Å². The van der Waals surface area contributed by atoms with Gasteiger partial charge in [0, 0.05) is 23.5 Å². The van der Waals surface area contributed by atoms with Crippen molar-refractivity contribution in [2.75, 3.05) is 18.0 Å². The number of benzene rings is 4. The largest absolute Gasteiger partial charge is 0.495 e. The van der Waals surface area contributed by atoms with Gasteiger partial charge in [-0.15, -0.1) is 0 Å². The van der Waals surface area contributed by atoms with E-state index in [0.29, 0.717) is 0 Å². The van der Waals surface area contributed by atoms with Gasteiger partial charge < -0.3 is 15.0 Å². The van der Waals surface area contributed by atoms with E-state index in [1.54, 1.807) is 30.3 Å². The van der Waals surface area contributed by atoms with Crippen LogP contribution in [-0.2, 0) is 32.6 Å². The molecule has 0 radical (unpaired) electrons. The Balaban J connectivity index is 1.85. The molecule has 0 fully saturated rings. The lowest BCUT2D eigenvalue weighted by Crippen LogP contribution is -2.56. The summed E-state index contributed by atoms with van der Waals surface area (Å²) in [6.45, 7) is 7.03. The summed E-state index contributed by atoms with van der Waals surface area (Å²) in [7, 11) is -2.88. The molecule has 0 aromatic heterocycles. The van der Waals surface area contributed by atoms with Crippen molar-refractivity contribution in [1.82, 2.24) is 10.2 Å².